The molecule has 2 aromatic carbocycles. The van der Waals surface area contributed by atoms with Crippen molar-refractivity contribution in [2.75, 3.05) is 43.4 Å². The number of nitrogens with two attached hydrogens (primary N) is 1. The van der Waals surface area contributed by atoms with E-state index in [1.165, 1.54) is 12.1 Å². The lowest BCUT2D eigenvalue weighted by atomic mass is 10.2. The number of hydrogen-bond acceptors (Lipinski definition) is 4. The minimum atomic E-state index is -3.42. The number of nitrogens with one attached hydrogen (secondary N) is 1. The Hall–Kier alpha value is -1.92. The highest BCUT2D eigenvalue weighted by Crippen LogP contribution is 2.16. The fraction of sp³-hybridized carbons (Fsp3) is 0.350. The van der Waals surface area contributed by atoms with Crippen molar-refractivity contribution < 1.29 is 12.8 Å². The Labute approximate surface area is 194 Å². The standard InChI is InChI=1S/C20H26FN5O2S.HI/c21-18-6-8-19(9-7-18)25-11-13-26(14-12-25)20(22)23-10-15-29(27,28)24-16-17-4-2-1-3-5-17;/h1-9,24H,10-16H2,(H2,22,23);1H. The predicted octanol–water partition coefficient (Wildman–Crippen LogP) is 2.00. The van der Waals surface area contributed by atoms with Gasteiger partial charge in [0, 0.05) is 38.4 Å². The molecule has 0 bridgehead atoms. The van der Waals surface area contributed by atoms with E-state index in [1.54, 1.807) is 12.1 Å². The highest BCUT2D eigenvalue weighted by molar-refractivity contribution is 14.0. The minimum absolute atomic E-state index is 0. The normalized spacial score (nSPS) is 15.0. The second kappa shape index (κ2) is 11.5. The van der Waals surface area contributed by atoms with E-state index in [2.05, 4.69) is 14.6 Å². The summed E-state index contributed by atoms with van der Waals surface area (Å²) in [7, 11) is -3.42. The van der Waals surface area contributed by atoms with Crippen LogP contribution in [0.15, 0.2) is 59.6 Å². The molecule has 3 rings (SSSR count). The molecule has 2 aromatic rings. The Balaban J connectivity index is 0.00000320. The second-order valence-corrected chi connectivity index (χ2v) is 8.74. The number of guanidine groups is 1. The third kappa shape index (κ3) is 7.40. The average molecular weight is 547 g/mol. The summed E-state index contributed by atoms with van der Waals surface area (Å²) < 4.78 is 39.9. The summed E-state index contributed by atoms with van der Waals surface area (Å²) in [6.07, 6.45) is 0. The Morgan fingerprint density at radius 3 is 2.30 bits per heavy atom. The van der Waals surface area contributed by atoms with Gasteiger partial charge in [-0.3, -0.25) is 4.99 Å². The molecule has 164 valence electrons. The molecule has 3 N–H and O–H groups in total. The highest BCUT2D eigenvalue weighted by Gasteiger charge is 2.19. The van der Waals surface area contributed by atoms with Gasteiger partial charge in [-0.2, -0.15) is 0 Å². The number of rotatable bonds is 7. The number of nitrogens with zero attached hydrogens (tertiary/aromatic N) is 3. The van der Waals surface area contributed by atoms with Gasteiger partial charge in [0.05, 0.1) is 12.3 Å². The molecule has 1 aliphatic rings. The van der Waals surface area contributed by atoms with Gasteiger partial charge in [0.2, 0.25) is 10.0 Å². The van der Waals surface area contributed by atoms with Crippen molar-refractivity contribution in [3.8, 4) is 0 Å². The summed E-state index contributed by atoms with van der Waals surface area (Å²) in [6, 6.07) is 15.8. The van der Waals surface area contributed by atoms with Crippen molar-refractivity contribution in [2.24, 2.45) is 10.7 Å². The Morgan fingerprint density at radius 1 is 1.03 bits per heavy atom. The largest absolute Gasteiger partial charge is 0.370 e. The maximum Gasteiger partial charge on any atom is 0.213 e. The minimum Gasteiger partial charge on any atom is -0.370 e. The zero-order valence-corrected chi connectivity index (χ0v) is 19.7. The molecule has 1 saturated heterocycles. The van der Waals surface area contributed by atoms with Gasteiger partial charge < -0.3 is 15.5 Å². The van der Waals surface area contributed by atoms with Gasteiger partial charge in [-0.1, -0.05) is 30.3 Å². The Bertz CT molecular complexity index is 918. The van der Waals surface area contributed by atoms with Crippen LogP contribution in [0.1, 0.15) is 5.56 Å². The first-order valence-corrected chi connectivity index (χ1v) is 11.1. The first-order chi connectivity index (χ1) is 13.9. The van der Waals surface area contributed by atoms with Crippen molar-refractivity contribution in [1.29, 1.82) is 0 Å². The van der Waals surface area contributed by atoms with Crippen LogP contribution in [-0.4, -0.2) is 57.8 Å². The molecule has 1 heterocycles. The van der Waals surface area contributed by atoms with E-state index in [0.717, 1.165) is 24.3 Å². The van der Waals surface area contributed by atoms with E-state index in [1.807, 2.05) is 35.2 Å². The summed E-state index contributed by atoms with van der Waals surface area (Å²) in [4.78, 5) is 8.32. The van der Waals surface area contributed by atoms with Gasteiger partial charge in [-0.15, -0.1) is 24.0 Å². The lowest BCUT2D eigenvalue weighted by Gasteiger charge is -2.36. The van der Waals surface area contributed by atoms with Crippen molar-refractivity contribution in [1.82, 2.24) is 9.62 Å². The lowest BCUT2D eigenvalue weighted by molar-refractivity contribution is 0.381. The van der Waals surface area contributed by atoms with Crippen LogP contribution in [0.25, 0.3) is 0 Å². The van der Waals surface area contributed by atoms with Gasteiger partial charge in [0.1, 0.15) is 5.82 Å². The highest BCUT2D eigenvalue weighted by atomic mass is 127. The predicted molar refractivity (Wildman–Crippen MR) is 129 cm³/mol. The van der Waals surface area contributed by atoms with Crippen molar-refractivity contribution in [3.05, 3.63) is 66.0 Å². The molecule has 0 atom stereocenters. The van der Waals surface area contributed by atoms with Crippen molar-refractivity contribution >= 4 is 45.6 Å². The SMILES string of the molecule is I.NC(=NCCS(=O)(=O)NCc1ccccc1)N1CCN(c2ccc(F)cc2)CC1. The molecule has 0 radical (unpaired) electrons. The molecule has 0 amide bonds. The Morgan fingerprint density at radius 2 is 1.67 bits per heavy atom. The first-order valence-electron chi connectivity index (χ1n) is 9.49. The summed E-state index contributed by atoms with van der Waals surface area (Å²) in [6.45, 7) is 3.18. The molecule has 0 aromatic heterocycles. The van der Waals surface area contributed by atoms with Crippen LogP contribution < -0.4 is 15.4 Å². The average Bonchev–Trinajstić information content (AvgIpc) is 2.74. The van der Waals surface area contributed by atoms with Crippen LogP contribution in [0.5, 0.6) is 0 Å². The maximum absolute atomic E-state index is 13.1. The topological polar surface area (TPSA) is 91.0 Å². The summed E-state index contributed by atoms with van der Waals surface area (Å²) in [5.74, 6) is -0.0187. The van der Waals surface area contributed by atoms with Gasteiger partial charge in [-0.25, -0.2) is 17.5 Å². The molecule has 0 spiro atoms. The molecule has 0 unspecified atom stereocenters. The van der Waals surface area contributed by atoms with Crippen LogP contribution in [0.2, 0.25) is 0 Å². The lowest BCUT2D eigenvalue weighted by Crippen LogP contribution is -2.51. The molecular formula is C20H27FIN5O2S. The van der Waals surface area contributed by atoms with E-state index in [0.29, 0.717) is 19.0 Å². The molecular weight excluding hydrogens is 520 g/mol. The van der Waals surface area contributed by atoms with Crippen LogP contribution in [0, 0.1) is 5.82 Å². The third-order valence-electron chi connectivity index (χ3n) is 4.77. The van der Waals surface area contributed by atoms with Gasteiger partial charge in [-0.05, 0) is 29.8 Å². The molecule has 1 fully saturated rings. The zero-order valence-electron chi connectivity index (χ0n) is 16.6. The zero-order chi connectivity index (χ0) is 20.7. The fourth-order valence-electron chi connectivity index (χ4n) is 3.09. The molecule has 0 saturated carbocycles. The van der Waals surface area contributed by atoms with Crippen molar-refractivity contribution in [2.45, 2.75) is 6.54 Å². The number of hydrogen-bond donors (Lipinski definition) is 2. The number of sulfonamides is 1. The maximum atomic E-state index is 13.1. The van der Waals surface area contributed by atoms with E-state index >= 15 is 0 Å². The van der Waals surface area contributed by atoms with Gasteiger partial charge >= 0.3 is 0 Å². The molecule has 30 heavy (non-hydrogen) atoms. The molecule has 1 aliphatic heterocycles. The van der Waals surface area contributed by atoms with Crippen LogP contribution >= 0.6 is 24.0 Å². The number of piperazine rings is 1. The molecule has 10 heteroatoms. The van der Waals surface area contributed by atoms with E-state index in [9.17, 15) is 12.8 Å². The third-order valence-corrected chi connectivity index (χ3v) is 6.07. The van der Waals surface area contributed by atoms with E-state index < -0.39 is 10.0 Å². The second-order valence-electron chi connectivity index (χ2n) is 6.82. The number of anilines is 1. The van der Waals surface area contributed by atoms with Crippen LogP contribution in [0.4, 0.5) is 10.1 Å². The summed E-state index contributed by atoms with van der Waals surface area (Å²) >= 11 is 0. The van der Waals surface area contributed by atoms with E-state index in [-0.39, 0.29) is 48.6 Å². The monoisotopic (exact) mass is 547 g/mol. The van der Waals surface area contributed by atoms with Gasteiger partial charge in [0.25, 0.3) is 0 Å². The fourth-order valence-corrected chi connectivity index (χ4v) is 3.95. The van der Waals surface area contributed by atoms with E-state index in [4.69, 9.17) is 5.73 Å². The molecule has 0 aliphatic carbocycles. The molecule has 7 nitrogen and oxygen atoms in total. The quantitative estimate of drug-likeness (QED) is 0.315. The van der Waals surface area contributed by atoms with Gasteiger partial charge in [0.15, 0.2) is 5.96 Å². The summed E-state index contributed by atoms with van der Waals surface area (Å²) in [5, 5.41) is 0. The number of aliphatic imine (C=N–C) groups is 1. The number of benzene rings is 2. The summed E-state index contributed by atoms with van der Waals surface area (Å²) in [5.41, 5.74) is 7.91. The smallest absolute Gasteiger partial charge is 0.213 e. The first kappa shape index (κ1) is 24.4. The number of halogens is 2. The van der Waals surface area contributed by atoms with Crippen LogP contribution in [-0.2, 0) is 16.6 Å². The Kier molecular flexibility index (Phi) is 9.31. The van der Waals surface area contributed by atoms with Crippen molar-refractivity contribution in [3.63, 3.8) is 0 Å². The van der Waals surface area contributed by atoms with Crippen LogP contribution in [0.3, 0.4) is 0 Å².